The molecule has 3 rings (SSSR count). The highest BCUT2D eigenvalue weighted by Crippen LogP contribution is 2.35. The lowest BCUT2D eigenvalue weighted by Crippen LogP contribution is -2.34. The van der Waals surface area contributed by atoms with Gasteiger partial charge in [0.15, 0.2) is 0 Å². The molecule has 0 bridgehead atoms. The van der Waals surface area contributed by atoms with Crippen LogP contribution in [0.3, 0.4) is 0 Å². The third-order valence-electron chi connectivity index (χ3n) is 3.26. The highest BCUT2D eigenvalue weighted by atomic mass is 79.9. The smallest absolute Gasteiger partial charge is 0.0692 e. The van der Waals surface area contributed by atoms with E-state index in [0.717, 1.165) is 29.6 Å². The summed E-state index contributed by atoms with van der Waals surface area (Å²) in [5.74, 6) is 0. The summed E-state index contributed by atoms with van der Waals surface area (Å²) in [5, 5.41) is 0. The number of ether oxygens (including phenoxy) is 1. The molecule has 2 nitrogen and oxygen atoms in total. The molecule has 1 unspecified atom stereocenters. The Morgan fingerprint density at radius 3 is 3.19 bits per heavy atom. The quantitative estimate of drug-likeness (QED) is 0.678. The third-order valence-corrected chi connectivity index (χ3v) is 3.76. The van der Waals surface area contributed by atoms with Crippen LogP contribution in [0.1, 0.15) is 5.56 Å². The van der Waals surface area contributed by atoms with Gasteiger partial charge in [-0.1, -0.05) is 28.6 Å². The van der Waals surface area contributed by atoms with E-state index in [0.29, 0.717) is 12.6 Å². The molecule has 2 heterocycles. The largest absolute Gasteiger partial charge is 0.375 e. The Morgan fingerprint density at radius 1 is 1.44 bits per heavy atom. The topological polar surface area (TPSA) is 12.5 Å². The zero-order chi connectivity index (χ0) is 11.1. The van der Waals surface area contributed by atoms with E-state index in [1.807, 2.05) is 0 Å². The third kappa shape index (κ3) is 1.68. The van der Waals surface area contributed by atoms with E-state index < -0.39 is 0 Å². The summed E-state index contributed by atoms with van der Waals surface area (Å²) in [5.41, 5.74) is 3.92. The second-order valence-electron chi connectivity index (χ2n) is 4.52. The Labute approximate surface area is 104 Å². The normalized spacial score (nSPS) is 23.9. The van der Waals surface area contributed by atoms with Gasteiger partial charge in [0.2, 0.25) is 0 Å². The summed E-state index contributed by atoms with van der Waals surface area (Å²) in [6, 6.07) is 7.01. The van der Waals surface area contributed by atoms with Gasteiger partial charge in [0.1, 0.15) is 0 Å². The standard InChI is InChI=1S/C13H14BrNO/c1-9-6-15-12(8-16-7-9)4-10-2-3-11(14)5-13(10)15/h2-3,5,12H,1,4,6-8H2. The van der Waals surface area contributed by atoms with Gasteiger partial charge in [-0.2, -0.15) is 0 Å². The van der Waals surface area contributed by atoms with Crippen LogP contribution >= 0.6 is 15.9 Å². The second-order valence-corrected chi connectivity index (χ2v) is 5.44. The lowest BCUT2D eigenvalue weighted by atomic mass is 10.1. The summed E-state index contributed by atoms with van der Waals surface area (Å²) in [6.07, 6.45) is 1.09. The van der Waals surface area contributed by atoms with Crippen molar-refractivity contribution in [1.82, 2.24) is 0 Å². The Kier molecular flexibility index (Phi) is 2.52. The minimum atomic E-state index is 0.489. The molecule has 1 saturated heterocycles. The molecule has 0 aliphatic carbocycles. The first-order valence-corrected chi connectivity index (χ1v) is 6.33. The maximum atomic E-state index is 5.63. The molecule has 84 valence electrons. The van der Waals surface area contributed by atoms with Gasteiger partial charge in [-0.05, 0) is 29.7 Å². The van der Waals surface area contributed by atoms with Crippen molar-refractivity contribution < 1.29 is 4.74 Å². The molecule has 0 aromatic heterocycles. The highest BCUT2D eigenvalue weighted by molar-refractivity contribution is 9.10. The molecular formula is C13H14BrNO. The van der Waals surface area contributed by atoms with Gasteiger partial charge in [-0.25, -0.2) is 0 Å². The molecule has 1 aromatic carbocycles. The first kappa shape index (κ1) is 10.4. The van der Waals surface area contributed by atoms with Crippen LogP contribution in [0.5, 0.6) is 0 Å². The molecular weight excluding hydrogens is 266 g/mol. The van der Waals surface area contributed by atoms with Gasteiger partial charge >= 0.3 is 0 Å². The lowest BCUT2D eigenvalue weighted by Gasteiger charge is -2.24. The van der Waals surface area contributed by atoms with E-state index >= 15 is 0 Å². The van der Waals surface area contributed by atoms with Crippen molar-refractivity contribution in [2.45, 2.75) is 12.5 Å². The molecule has 1 fully saturated rings. The Bertz CT molecular complexity index is 444. The zero-order valence-corrected chi connectivity index (χ0v) is 10.7. The molecule has 0 saturated carbocycles. The van der Waals surface area contributed by atoms with Crippen LogP contribution in [0.15, 0.2) is 34.8 Å². The Balaban J connectivity index is 2.00. The maximum absolute atomic E-state index is 5.63. The molecule has 3 heteroatoms. The van der Waals surface area contributed by atoms with Crippen molar-refractivity contribution in [3.8, 4) is 0 Å². The number of fused-ring (bicyclic) bond motifs is 3. The molecule has 0 spiro atoms. The summed E-state index contributed by atoms with van der Waals surface area (Å²) in [4.78, 5) is 2.43. The number of benzene rings is 1. The van der Waals surface area contributed by atoms with Crippen LogP contribution in [0, 0.1) is 0 Å². The van der Waals surface area contributed by atoms with Crippen LogP contribution in [0.25, 0.3) is 0 Å². The minimum Gasteiger partial charge on any atom is -0.375 e. The van der Waals surface area contributed by atoms with Crippen LogP contribution < -0.4 is 4.90 Å². The fourth-order valence-corrected chi connectivity index (χ4v) is 2.88. The number of hydrogen-bond donors (Lipinski definition) is 0. The minimum absolute atomic E-state index is 0.489. The van der Waals surface area contributed by atoms with Crippen LogP contribution in [-0.2, 0) is 11.2 Å². The van der Waals surface area contributed by atoms with E-state index in [2.05, 4.69) is 45.6 Å². The monoisotopic (exact) mass is 279 g/mol. The van der Waals surface area contributed by atoms with E-state index in [1.165, 1.54) is 11.3 Å². The van der Waals surface area contributed by atoms with Gasteiger partial charge < -0.3 is 9.64 Å². The lowest BCUT2D eigenvalue weighted by molar-refractivity contribution is 0.152. The molecule has 1 atom stereocenters. The Morgan fingerprint density at radius 2 is 2.31 bits per heavy atom. The number of halogens is 1. The fraction of sp³-hybridized carbons (Fsp3) is 0.385. The predicted octanol–water partition coefficient (Wildman–Crippen LogP) is 2.77. The zero-order valence-electron chi connectivity index (χ0n) is 9.08. The fourth-order valence-electron chi connectivity index (χ4n) is 2.53. The first-order valence-electron chi connectivity index (χ1n) is 5.53. The summed E-state index contributed by atoms with van der Waals surface area (Å²) in [7, 11) is 0. The van der Waals surface area contributed by atoms with Crippen molar-refractivity contribution in [2.75, 3.05) is 24.7 Å². The van der Waals surface area contributed by atoms with Crippen molar-refractivity contribution in [1.29, 1.82) is 0 Å². The number of nitrogens with zero attached hydrogens (tertiary/aromatic N) is 1. The number of hydrogen-bond acceptors (Lipinski definition) is 2. The van der Waals surface area contributed by atoms with Crippen molar-refractivity contribution in [2.24, 2.45) is 0 Å². The molecule has 0 amide bonds. The average molecular weight is 280 g/mol. The van der Waals surface area contributed by atoms with Crippen LogP contribution in [0.2, 0.25) is 0 Å². The Hall–Kier alpha value is -0.800. The average Bonchev–Trinajstić information content (AvgIpc) is 2.47. The summed E-state index contributed by atoms with van der Waals surface area (Å²) >= 11 is 3.54. The van der Waals surface area contributed by atoms with Crippen molar-refractivity contribution in [3.05, 3.63) is 40.4 Å². The van der Waals surface area contributed by atoms with E-state index in [-0.39, 0.29) is 0 Å². The summed E-state index contributed by atoms with van der Waals surface area (Å²) < 4.78 is 6.77. The first-order chi connectivity index (χ1) is 7.74. The van der Waals surface area contributed by atoms with Gasteiger partial charge in [0, 0.05) is 16.7 Å². The van der Waals surface area contributed by atoms with Crippen LogP contribution in [-0.4, -0.2) is 25.8 Å². The van der Waals surface area contributed by atoms with Crippen molar-refractivity contribution >= 4 is 21.6 Å². The SMILES string of the molecule is C=C1COCC2Cc3ccc(Br)cc3N2C1. The van der Waals surface area contributed by atoms with Gasteiger partial charge in [-0.15, -0.1) is 0 Å². The van der Waals surface area contributed by atoms with E-state index in [1.54, 1.807) is 0 Å². The molecule has 16 heavy (non-hydrogen) atoms. The molecule has 0 N–H and O–H groups in total. The van der Waals surface area contributed by atoms with Gasteiger partial charge in [0.05, 0.1) is 19.3 Å². The van der Waals surface area contributed by atoms with Gasteiger partial charge in [0.25, 0.3) is 0 Å². The highest BCUT2D eigenvalue weighted by Gasteiger charge is 2.31. The molecule has 2 aliphatic heterocycles. The second kappa shape index (κ2) is 3.90. The molecule has 0 radical (unpaired) electrons. The van der Waals surface area contributed by atoms with E-state index in [4.69, 9.17) is 4.74 Å². The molecule has 2 aliphatic rings. The van der Waals surface area contributed by atoms with Gasteiger partial charge in [-0.3, -0.25) is 0 Å². The molecule has 1 aromatic rings. The number of anilines is 1. The maximum Gasteiger partial charge on any atom is 0.0692 e. The van der Waals surface area contributed by atoms with E-state index in [9.17, 15) is 0 Å². The number of rotatable bonds is 0. The van der Waals surface area contributed by atoms with Crippen LogP contribution in [0.4, 0.5) is 5.69 Å². The van der Waals surface area contributed by atoms with Crippen molar-refractivity contribution in [3.63, 3.8) is 0 Å². The predicted molar refractivity (Wildman–Crippen MR) is 68.9 cm³/mol. The summed E-state index contributed by atoms with van der Waals surface area (Å²) in [6.45, 7) is 6.49.